The molecule has 0 N–H and O–H groups in total. The molecule has 25 heavy (non-hydrogen) atoms. The van der Waals surface area contributed by atoms with E-state index in [0.29, 0.717) is 5.92 Å². The molecule has 0 saturated heterocycles. The van der Waals surface area contributed by atoms with E-state index in [9.17, 15) is 0 Å². The molecule has 3 rings (SSSR count). The van der Waals surface area contributed by atoms with Crippen molar-refractivity contribution in [1.82, 2.24) is 9.88 Å². The number of nitrogens with zero attached hydrogens (tertiary/aromatic N) is 2. The number of benzene rings is 1. The molecule has 1 aliphatic heterocycles. The summed E-state index contributed by atoms with van der Waals surface area (Å²) in [7, 11) is 2.15. The van der Waals surface area contributed by atoms with Gasteiger partial charge in [0.15, 0.2) is 0 Å². The SMILES string of the molecule is Cc1cc(C)c(C)c(C2(C)c3ncc(CC(C)C)cc3C=CN2C)c1. The Labute approximate surface area is 152 Å². The smallest absolute Gasteiger partial charge is 0.105 e. The maximum Gasteiger partial charge on any atom is 0.105 e. The second-order valence-electron chi connectivity index (χ2n) is 8.13. The van der Waals surface area contributed by atoms with E-state index in [1.54, 1.807) is 0 Å². The van der Waals surface area contributed by atoms with E-state index >= 15 is 0 Å². The molecule has 0 bridgehead atoms. The van der Waals surface area contributed by atoms with Crippen LogP contribution in [-0.2, 0) is 12.0 Å². The molecule has 2 heteroatoms. The average Bonchev–Trinajstić information content (AvgIpc) is 2.54. The van der Waals surface area contributed by atoms with Gasteiger partial charge in [0.05, 0.1) is 5.69 Å². The highest BCUT2D eigenvalue weighted by Gasteiger charge is 2.38. The standard InChI is InChI=1S/C23H30N2/c1-15(2)10-19-13-20-8-9-25(7)23(6,22(20)24-14-19)21-12-16(3)11-17(4)18(21)5/h8-9,11-15H,10H2,1-7H3. The van der Waals surface area contributed by atoms with Crippen LogP contribution in [0, 0.1) is 26.7 Å². The van der Waals surface area contributed by atoms with Gasteiger partial charge in [0.25, 0.3) is 0 Å². The van der Waals surface area contributed by atoms with Crippen LogP contribution in [0.2, 0.25) is 0 Å². The summed E-state index contributed by atoms with van der Waals surface area (Å²) in [6, 6.07) is 6.91. The summed E-state index contributed by atoms with van der Waals surface area (Å²) in [5, 5.41) is 0. The van der Waals surface area contributed by atoms with Crippen LogP contribution in [0.1, 0.15) is 59.8 Å². The van der Waals surface area contributed by atoms with Gasteiger partial charge in [0.2, 0.25) is 0 Å². The van der Waals surface area contributed by atoms with Crippen molar-refractivity contribution in [2.45, 2.75) is 53.5 Å². The average molecular weight is 335 g/mol. The maximum absolute atomic E-state index is 4.96. The Hall–Kier alpha value is -2.09. The Morgan fingerprint density at radius 1 is 1.12 bits per heavy atom. The predicted molar refractivity (Wildman–Crippen MR) is 107 cm³/mol. The largest absolute Gasteiger partial charge is 0.366 e. The second-order valence-corrected chi connectivity index (χ2v) is 8.13. The van der Waals surface area contributed by atoms with Gasteiger partial charge in [-0.1, -0.05) is 31.5 Å². The van der Waals surface area contributed by atoms with Crippen molar-refractivity contribution in [3.8, 4) is 0 Å². The molecule has 0 spiro atoms. The van der Waals surface area contributed by atoms with Crippen LogP contribution in [0.3, 0.4) is 0 Å². The van der Waals surface area contributed by atoms with Gasteiger partial charge in [0, 0.05) is 25.0 Å². The fourth-order valence-electron chi connectivity index (χ4n) is 4.02. The minimum absolute atomic E-state index is 0.249. The number of aryl methyl sites for hydroxylation is 2. The summed E-state index contributed by atoms with van der Waals surface area (Å²) < 4.78 is 0. The van der Waals surface area contributed by atoms with E-state index < -0.39 is 0 Å². The van der Waals surface area contributed by atoms with Crippen molar-refractivity contribution in [2.75, 3.05) is 7.05 Å². The lowest BCUT2D eigenvalue weighted by atomic mass is 9.78. The minimum atomic E-state index is -0.249. The number of hydrogen-bond donors (Lipinski definition) is 0. The second kappa shape index (κ2) is 6.33. The zero-order chi connectivity index (χ0) is 18.4. The van der Waals surface area contributed by atoms with Crippen molar-refractivity contribution in [3.05, 3.63) is 69.7 Å². The quantitative estimate of drug-likeness (QED) is 0.748. The van der Waals surface area contributed by atoms with Gasteiger partial charge < -0.3 is 4.90 Å². The summed E-state index contributed by atoms with van der Waals surface area (Å²) in [5.74, 6) is 0.642. The molecule has 0 saturated carbocycles. The number of rotatable bonds is 3. The van der Waals surface area contributed by atoms with Crippen LogP contribution >= 0.6 is 0 Å². The van der Waals surface area contributed by atoms with Crippen LogP contribution in [0.5, 0.6) is 0 Å². The third-order valence-corrected chi connectivity index (χ3v) is 5.60. The van der Waals surface area contributed by atoms with E-state index in [-0.39, 0.29) is 5.54 Å². The maximum atomic E-state index is 4.96. The molecule has 2 aromatic rings. The molecule has 1 aromatic heterocycles. The summed E-state index contributed by atoms with van der Waals surface area (Å²) in [4.78, 5) is 7.26. The van der Waals surface area contributed by atoms with Crippen molar-refractivity contribution < 1.29 is 0 Å². The van der Waals surface area contributed by atoms with Crippen molar-refractivity contribution in [1.29, 1.82) is 0 Å². The van der Waals surface area contributed by atoms with Crippen LogP contribution in [0.25, 0.3) is 6.08 Å². The molecule has 2 heterocycles. The monoisotopic (exact) mass is 334 g/mol. The lowest BCUT2D eigenvalue weighted by Crippen LogP contribution is -2.42. The topological polar surface area (TPSA) is 16.1 Å². The van der Waals surface area contributed by atoms with Crippen molar-refractivity contribution in [2.24, 2.45) is 5.92 Å². The third kappa shape index (κ3) is 2.99. The summed E-state index contributed by atoms with van der Waals surface area (Å²) >= 11 is 0. The van der Waals surface area contributed by atoms with Gasteiger partial charge in [-0.25, -0.2) is 0 Å². The first-order chi connectivity index (χ1) is 11.7. The Bertz CT molecular complexity index is 832. The third-order valence-electron chi connectivity index (χ3n) is 5.60. The molecule has 132 valence electrons. The van der Waals surface area contributed by atoms with Gasteiger partial charge in [0.1, 0.15) is 5.54 Å². The lowest BCUT2D eigenvalue weighted by Gasteiger charge is -2.43. The fourth-order valence-corrected chi connectivity index (χ4v) is 4.02. The van der Waals surface area contributed by atoms with E-state index in [2.05, 4.69) is 90.2 Å². The Kier molecular flexibility index (Phi) is 4.49. The highest BCUT2D eigenvalue weighted by molar-refractivity contribution is 5.61. The van der Waals surface area contributed by atoms with Crippen LogP contribution in [0.15, 0.2) is 30.6 Å². The number of pyridine rings is 1. The molecular formula is C23H30N2. The molecular weight excluding hydrogens is 304 g/mol. The van der Waals surface area contributed by atoms with E-state index in [0.717, 1.165) is 12.1 Å². The molecule has 0 amide bonds. The summed E-state index contributed by atoms with van der Waals surface area (Å²) in [6.45, 7) is 13.4. The van der Waals surface area contributed by atoms with E-state index in [1.807, 2.05) is 0 Å². The van der Waals surface area contributed by atoms with Crippen LogP contribution in [-0.4, -0.2) is 16.9 Å². The number of fused-ring (bicyclic) bond motifs is 1. The molecule has 1 aliphatic rings. The number of aromatic nitrogens is 1. The van der Waals surface area contributed by atoms with Crippen LogP contribution in [0.4, 0.5) is 0 Å². The molecule has 1 atom stereocenters. The van der Waals surface area contributed by atoms with Gasteiger partial charge in [-0.15, -0.1) is 0 Å². The van der Waals surface area contributed by atoms with Crippen molar-refractivity contribution in [3.63, 3.8) is 0 Å². The van der Waals surface area contributed by atoms with E-state index in [1.165, 1.54) is 33.4 Å². The van der Waals surface area contributed by atoms with Gasteiger partial charge in [-0.2, -0.15) is 0 Å². The molecule has 0 fully saturated rings. The van der Waals surface area contributed by atoms with Gasteiger partial charge in [-0.3, -0.25) is 4.98 Å². The first kappa shape index (κ1) is 17.7. The van der Waals surface area contributed by atoms with Crippen molar-refractivity contribution >= 4 is 6.08 Å². The number of hydrogen-bond acceptors (Lipinski definition) is 2. The Morgan fingerprint density at radius 2 is 1.84 bits per heavy atom. The zero-order valence-corrected chi connectivity index (χ0v) is 16.6. The zero-order valence-electron chi connectivity index (χ0n) is 16.6. The highest BCUT2D eigenvalue weighted by Crippen LogP contribution is 2.41. The first-order valence-electron chi connectivity index (χ1n) is 9.22. The van der Waals surface area contributed by atoms with Gasteiger partial charge >= 0.3 is 0 Å². The summed E-state index contributed by atoms with van der Waals surface area (Å²) in [5.41, 5.74) is 8.83. The Morgan fingerprint density at radius 3 is 2.52 bits per heavy atom. The normalized spacial score (nSPS) is 19.4. The molecule has 2 nitrogen and oxygen atoms in total. The summed E-state index contributed by atoms with van der Waals surface area (Å²) in [6.07, 6.45) is 7.54. The van der Waals surface area contributed by atoms with Gasteiger partial charge in [-0.05, 0) is 74.4 Å². The molecule has 0 aliphatic carbocycles. The minimum Gasteiger partial charge on any atom is -0.366 e. The molecule has 1 aromatic carbocycles. The highest BCUT2D eigenvalue weighted by atomic mass is 15.2. The fraction of sp³-hybridized carbons (Fsp3) is 0.435. The van der Waals surface area contributed by atoms with E-state index in [4.69, 9.17) is 4.98 Å². The Balaban J connectivity index is 2.19. The molecule has 1 unspecified atom stereocenters. The predicted octanol–water partition coefficient (Wildman–Crippen LogP) is 5.38. The van der Waals surface area contributed by atoms with Crippen LogP contribution < -0.4 is 0 Å². The molecule has 0 radical (unpaired) electrons. The lowest BCUT2D eigenvalue weighted by molar-refractivity contribution is 0.243. The first-order valence-corrected chi connectivity index (χ1v) is 9.22.